The van der Waals surface area contributed by atoms with Gasteiger partial charge in [0.05, 0.1) is 16.3 Å². The van der Waals surface area contributed by atoms with Crippen LogP contribution in [0.15, 0.2) is 28.9 Å². The van der Waals surface area contributed by atoms with Crippen molar-refractivity contribution in [3.8, 4) is 0 Å². The van der Waals surface area contributed by atoms with Crippen molar-refractivity contribution in [3.63, 3.8) is 0 Å². The largest absolute Gasteiger partial charge is 0.383 e. The Kier molecular flexibility index (Phi) is 3.48. The van der Waals surface area contributed by atoms with Crippen molar-refractivity contribution in [2.45, 2.75) is 6.54 Å². The molecule has 1 heterocycles. The van der Waals surface area contributed by atoms with Crippen LogP contribution in [0, 0.1) is 9.39 Å². The Hall–Kier alpha value is -0.630. The van der Waals surface area contributed by atoms with Gasteiger partial charge in [0, 0.05) is 4.47 Å². The summed E-state index contributed by atoms with van der Waals surface area (Å²) in [4.78, 5) is 0. The molecule has 2 N–H and O–H groups in total. The second-order valence-electron chi connectivity index (χ2n) is 3.27. The van der Waals surface area contributed by atoms with Crippen molar-refractivity contribution in [3.05, 3.63) is 43.8 Å². The summed E-state index contributed by atoms with van der Waals surface area (Å²) < 4.78 is 16.2. The van der Waals surface area contributed by atoms with Crippen LogP contribution >= 0.6 is 38.5 Å². The maximum absolute atomic E-state index is 12.9. The molecule has 0 spiro atoms. The number of aromatic nitrogens is 2. The summed E-state index contributed by atoms with van der Waals surface area (Å²) in [6.07, 6.45) is 1.70. The van der Waals surface area contributed by atoms with Crippen LogP contribution in [0.1, 0.15) is 5.56 Å². The summed E-state index contributed by atoms with van der Waals surface area (Å²) >= 11 is 5.43. The second-order valence-corrected chi connectivity index (χ2v) is 5.29. The molecule has 0 aliphatic rings. The molecule has 0 atom stereocenters. The van der Waals surface area contributed by atoms with E-state index in [2.05, 4.69) is 43.6 Å². The maximum atomic E-state index is 12.9. The van der Waals surface area contributed by atoms with E-state index in [0.29, 0.717) is 12.4 Å². The van der Waals surface area contributed by atoms with Crippen LogP contribution < -0.4 is 5.73 Å². The lowest BCUT2D eigenvalue weighted by Crippen LogP contribution is -2.06. The molecule has 0 aliphatic heterocycles. The molecule has 84 valence electrons. The van der Waals surface area contributed by atoms with Crippen molar-refractivity contribution in [2.24, 2.45) is 0 Å². The highest BCUT2D eigenvalue weighted by atomic mass is 127. The van der Waals surface area contributed by atoms with E-state index in [-0.39, 0.29) is 5.82 Å². The molecule has 0 aliphatic carbocycles. The van der Waals surface area contributed by atoms with E-state index in [4.69, 9.17) is 5.73 Å². The van der Waals surface area contributed by atoms with Gasteiger partial charge in [-0.05, 0) is 40.3 Å². The van der Waals surface area contributed by atoms with Crippen molar-refractivity contribution in [2.75, 3.05) is 5.73 Å². The molecular formula is C10H8BrFIN3. The first-order chi connectivity index (χ1) is 7.58. The Morgan fingerprint density at radius 1 is 1.50 bits per heavy atom. The van der Waals surface area contributed by atoms with Crippen LogP contribution in [0.2, 0.25) is 0 Å². The van der Waals surface area contributed by atoms with Crippen molar-refractivity contribution in [1.29, 1.82) is 0 Å². The number of hydrogen-bond donors (Lipinski definition) is 1. The molecule has 3 nitrogen and oxygen atoms in total. The van der Waals surface area contributed by atoms with Gasteiger partial charge in [-0.3, -0.25) is 0 Å². The lowest BCUT2D eigenvalue weighted by atomic mass is 10.2. The second kappa shape index (κ2) is 4.70. The predicted octanol–water partition coefficient (Wildman–Crippen LogP) is 3.02. The number of benzene rings is 1. The SMILES string of the molecule is Nc1c(I)cnn1Cc1ccc(F)cc1Br. The minimum atomic E-state index is -0.265. The van der Waals surface area contributed by atoms with Crippen molar-refractivity contribution in [1.82, 2.24) is 9.78 Å². The van der Waals surface area contributed by atoms with Crippen LogP contribution in [-0.4, -0.2) is 9.78 Å². The number of halogens is 3. The topological polar surface area (TPSA) is 43.8 Å². The minimum Gasteiger partial charge on any atom is -0.383 e. The van der Waals surface area contributed by atoms with Gasteiger partial charge in [0.2, 0.25) is 0 Å². The van der Waals surface area contributed by atoms with Gasteiger partial charge in [-0.2, -0.15) is 5.10 Å². The average Bonchev–Trinajstić information content (AvgIpc) is 2.54. The molecule has 2 aromatic rings. The zero-order valence-electron chi connectivity index (χ0n) is 8.12. The minimum absolute atomic E-state index is 0.265. The zero-order chi connectivity index (χ0) is 11.7. The third-order valence-corrected chi connectivity index (χ3v) is 3.74. The normalized spacial score (nSPS) is 10.7. The number of nitrogens with two attached hydrogens (primary N) is 1. The van der Waals surface area contributed by atoms with Gasteiger partial charge in [0.1, 0.15) is 11.6 Å². The molecule has 6 heteroatoms. The molecule has 2 rings (SSSR count). The fraction of sp³-hybridized carbons (Fsp3) is 0.100. The van der Waals surface area contributed by atoms with Gasteiger partial charge >= 0.3 is 0 Å². The smallest absolute Gasteiger partial charge is 0.135 e. The van der Waals surface area contributed by atoms with Gasteiger partial charge in [0.15, 0.2) is 0 Å². The highest BCUT2D eigenvalue weighted by molar-refractivity contribution is 14.1. The monoisotopic (exact) mass is 395 g/mol. The Morgan fingerprint density at radius 2 is 2.25 bits per heavy atom. The highest BCUT2D eigenvalue weighted by Crippen LogP contribution is 2.21. The fourth-order valence-corrected chi connectivity index (χ4v) is 2.19. The molecule has 0 bridgehead atoms. The van der Waals surface area contributed by atoms with E-state index in [1.165, 1.54) is 12.1 Å². The Bertz CT molecular complexity index is 527. The summed E-state index contributed by atoms with van der Waals surface area (Å²) in [5.41, 5.74) is 6.77. The molecular weight excluding hydrogens is 388 g/mol. The molecule has 0 radical (unpaired) electrons. The third-order valence-electron chi connectivity index (χ3n) is 2.17. The first kappa shape index (κ1) is 11.8. The van der Waals surface area contributed by atoms with Crippen LogP contribution in [0.3, 0.4) is 0 Å². The van der Waals surface area contributed by atoms with Crippen LogP contribution in [0.5, 0.6) is 0 Å². The zero-order valence-corrected chi connectivity index (χ0v) is 11.9. The summed E-state index contributed by atoms with van der Waals surface area (Å²) in [5.74, 6) is 0.357. The number of rotatable bonds is 2. The van der Waals surface area contributed by atoms with Crippen molar-refractivity contribution >= 4 is 44.3 Å². The van der Waals surface area contributed by atoms with Crippen LogP contribution in [-0.2, 0) is 6.54 Å². The van der Waals surface area contributed by atoms with Gasteiger partial charge in [0.25, 0.3) is 0 Å². The van der Waals surface area contributed by atoms with E-state index in [0.717, 1.165) is 13.6 Å². The summed E-state index contributed by atoms with van der Waals surface area (Å²) in [5, 5.41) is 4.14. The highest BCUT2D eigenvalue weighted by Gasteiger charge is 2.07. The summed E-state index contributed by atoms with van der Waals surface area (Å²) in [7, 11) is 0. The van der Waals surface area contributed by atoms with E-state index in [1.807, 2.05) is 0 Å². The number of anilines is 1. The van der Waals surface area contributed by atoms with Crippen molar-refractivity contribution < 1.29 is 4.39 Å². The number of nitrogens with zero attached hydrogens (tertiary/aromatic N) is 2. The summed E-state index contributed by atoms with van der Waals surface area (Å²) in [6.45, 7) is 0.524. The molecule has 0 unspecified atom stereocenters. The molecule has 16 heavy (non-hydrogen) atoms. The van der Waals surface area contributed by atoms with Gasteiger partial charge in [-0.1, -0.05) is 22.0 Å². The van der Waals surface area contributed by atoms with Crippen LogP contribution in [0.4, 0.5) is 10.2 Å². The average molecular weight is 396 g/mol. The Balaban J connectivity index is 2.30. The number of nitrogen functional groups attached to an aromatic ring is 1. The fourth-order valence-electron chi connectivity index (χ4n) is 1.31. The van der Waals surface area contributed by atoms with Gasteiger partial charge in [-0.25, -0.2) is 9.07 Å². The van der Waals surface area contributed by atoms with E-state index < -0.39 is 0 Å². The van der Waals surface area contributed by atoms with Crippen LogP contribution in [0.25, 0.3) is 0 Å². The van der Waals surface area contributed by atoms with Gasteiger partial charge in [-0.15, -0.1) is 0 Å². The molecule has 0 amide bonds. The molecule has 1 aromatic carbocycles. The maximum Gasteiger partial charge on any atom is 0.135 e. The molecule has 0 saturated carbocycles. The van der Waals surface area contributed by atoms with E-state index >= 15 is 0 Å². The summed E-state index contributed by atoms with van der Waals surface area (Å²) in [6, 6.07) is 4.57. The number of hydrogen-bond acceptors (Lipinski definition) is 2. The lowest BCUT2D eigenvalue weighted by molar-refractivity contribution is 0.623. The standard InChI is InChI=1S/C10H8BrFIN3/c11-8-3-7(12)2-1-6(8)5-16-10(14)9(13)4-15-16/h1-4H,5,14H2. The predicted molar refractivity (Wildman–Crippen MR) is 72.6 cm³/mol. The quantitative estimate of drug-likeness (QED) is 0.794. The van der Waals surface area contributed by atoms with E-state index in [1.54, 1.807) is 16.9 Å². The molecule has 0 fully saturated rings. The first-order valence-corrected chi connectivity index (χ1v) is 6.36. The Morgan fingerprint density at radius 3 is 2.81 bits per heavy atom. The first-order valence-electron chi connectivity index (χ1n) is 4.48. The lowest BCUT2D eigenvalue weighted by Gasteiger charge is -2.06. The van der Waals surface area contributed by atoms with Gasteiger partial charge < -0.3 is 5.73 Å². The molecule has 0 saturated heterocycles. The Labute approximate surface area is 114 Å². The molecule has 1 aromatic heterocycles. The third kappa shape index (κ3) is 2.37. The van der Waals surface area contributed by atoms with E-state index in [9.17, 15) is 4.39 Å².